The molecule has 2 aromatic carbocycles. The molecule has 28 heavy (non-hydrogen) atoms. The average Bonchev–Trinajstić information content (AvgIpc) is 2.70. The molecule has 1 aliphatic carbocycles. The molecule has 0 fully saturated rings. The number of carbonyl (C=O) groups excluding carboxylic acids is 3. The van der Waals surface area contributed by atoms with E-state index in [1.165, 1.54) is 33.5 Å². The summed E-state index contributed by atoms with van der Waals surface area (Å²) in [6.07, 6.45) is 0. The number of carbonyl (C=O) groups is 3. The number of ether oxygens (including phenoxy) is 4. The number of benzene rings is 2. The third kappa shape index (κ3) is 2.79. The van der Waals surface area contributed by atoms with Crippen LogP contribution in [0.2, 0.25) is 0 Å². The molecule has 0 amide bonds. The molecule has 2 aromatic rings. The summed E-state index contributed by atoms with van der Waals surface area (Å²) in [6.45, 7) is 3.45. The fourth-order valence-electron chi connectivity index (χ4n) is 3.43. The van der Waals surface area contributed by atoms with E-state index in [-0.39, 0.29) is 51.7 Å². The first-order valence-corrected chi connectivity index (χ1v) is 8.63. The summed E-state index contributed by atoms with van der Waals surface area (Å²) in [4.78, 5) is 38.9. The first-order chi connectivity index (χ1) is 13.4. The van der Waals surface area contributed by atoms with Crippen molar-refractivity contribution in [1.82, 2.24) is 0 Å². The van der Waals surface area contributed by atoms with Gasteiger partial charge in [-0.05, 0) is 31.5 Å². The molecule has 0 bridgehead atoms. The fraction of sp³-hybridized carbons (Fsp3) is 0.286. The zero-order valence-electron chi connectivity index (χ0n) is 16.3. The van der Waals surface area contributed by atoms with E-state index in [9.17, 15) is 14.4 Å². The van der Waals surface area contributed by atoms with Crippen molar-refractivity contribution >= 4 is 17.5 Å². The van der Waals surface area contributed by atoms with Gasteiger partial charge in [-0.3, -0.25) is 9.59 Å². The van der Waals surface area contributed by atoms with Crippen molar-refractivity contribution in [1.29, 1.82) is 0 Å². The second-order valence-electron chi connectivity index (χ2n) is 6.13. The van der Waals surface area contributed by atoms with Gasteiger partial charge in [-0.2, -0.15) is 0 Å². The summed E-state index contributed by atoms with van der Waals surface area (Å²) < 4.78 is 20.9. The van der Waals surface area contributed by atoms with E-state index < -0.39 is 11.8 Å². The quantitative estimate of drug-likeness (QED) is 0.625. The number of esters is 1. The third-order valence-electron chi connectivity index (χ3n) is 4.72. The molecule has 7 heteroatoms. The van der Waals surface area contributed by atoms with Gasteiger partial charge in [0.25, 0.3) is 0 Å². The number of rotatable bonds is 5. The summed E-state index contributed by atoms with van der Waals surface area (Å²) >= 11 is 0. The Morgan fingerprint density at radius 3 is 2.07 bits per heavy atom. The summed E-state index contributed by atoms with van der Waals surface area (Å²) in [5.41, 5.74) is 1.08. The first kappa shape index (κ1) is 19.4. The van der Waals surface area contributed by atoms with Gasteiger partial charge >= 0.3 is 5.97 Å². The van der Waals surface area contributed by atoms with Crippen molar-refractivity contribution in [3.8, 4) is 17.2 Å². The Bertz CT molecular complexity index is 1000. The summed E-state index contributed by atoms with van der Waals surface area (Å²) in [5, 5.41) is 0. The lowest BCUT2D eigenvalue weighted by atomic mass is 9.80. The van der Waals surface area contributed by atoms with Crippen molar-refractivity contribution in [3.05, 3.63) is 51.6 Å². The van der Waals surface area contributed by atoms with Crippen LogP contribution in [0.5, 0.6) is 17.2 Å². The van der Waals surface area contributed by atoms with Crippen LogP contribution in [0.15, 0.2) is 18.2 Å². The van der Waals surface area contributed by atoms with Crippen molar-refractivity contribution < 1.29 is 33.3 Å². The Balaban J connectivity index is 2.33. The van der Waals surface area contributed by atoms with Crippen LogP contribution in [-0.2, 0) is 4.74 Å². The van der Waals surface area contributed by atoms with Gasteiger partial charge in [-0.15, -0.1) is 0 Å². The van der Waals surface area contributed by atoms with Gasteiger partial charge in [0.1, 0.15) is 22.8 Å². The van der Waals surface area contributed by atoms with Gasteiger partial charge in [-0.25, -0.2) is 4.79 Å². The van der Waals surface area contributed by atoms with Crippen LogP contribution in [0.25, 0.3) is 0 Å². The largest absolute Gasteiger partial charge is 0.497 e. The molecular formula is C21H20O7. The minimum absolute atomic E-state index is 0.125. The predicted octanol–water partition coefficient (Wildman–Crippen LogP) is 2.97. The van der Waals surface area contributed by atoms with Gasteiger partial charge in [0, 0.05) is 22.8 Å². The molecule has 0 N–H and O–H groups in total. The Morgan fingerprint density at radius 2 is 1.50 bits per heavy atom. The van der Waals surface area contributed by atoms with Crippen molar-refractivity contribution in [3.63, 3.8) is 0 Å². The second kappa shape index (κ2) is 7.34. The van der Waals surface area contributed by atoms with Crippen LogP contribution < -0.4 is 14.2 Å². The van der Waals surface area contributed by atoms with Crippen molar-refractivity contribution in [2.45, 2.75) is 13.8 Å². The highest BCUT2D eigenvalue weighted by Gasteiger charge is 2.37. The highest BCUT2D eigenvalue weighted by atomic mass is 16.5. The molecule has 0 spiro atoms. The molecule has 0 atom stereocenters. The molecule has 7 nitrogen and oxygen atoms in total. The number of hydrogen-bond donors (Lipinski definition) is 0. The van der Waals surface area contributed by atoms with E-state index in [0.29, 0.717) is 11.3 Å². The van der Waals surface area contributed by atoms with Crippen LogP contribution in [0.1, 0.15) is 54.7 Å². The van der Waals surface area contributed by atoms with Gasteiger partial charge < -0.3 is 18.9 Å². The van der Waals surface area contributed by atoms with Crippen molar-refractivity contribution in [2.75, 3.05) is 27.9 Å². The molecule has 1 aliphatic rings. The smallest absolute Gasteiger partial charge is 0.342 e. The normalized spacial score (nSPS) is 12.2. The van der Waals surface area contributed by atoms with Crippen LogP contribution in [0, 0.1) is 6.92 Å². The van der Waals surface area contributed by atoms with Gasteiger partial charge in [0.05, 0.1) is 33.5 Å². The first-order valence-electron chi connectivity index (χ1n) is 8.63. The van der Waals surface area contributed by atoms with Crippen LogP contribution >= 0.6 is 0 Å². The van der Waals surface area contributed by atoms with Crippen LogP contribution in [0.4, 0.5) is 0 Å². The molecule has 0 heterocycles. The Labute approximate surface area is 162 Å². The molecule has 0 saturated heterocycles. The zero-order chi connectivity index (χ0) is 20.6. The SMILES string of the molecule is CCOC(=O)c1c(OC)cc2c(c1C)C(=O)c1c(OC)cc(OC)cc1C2=O. The highest BCUT2D eigenvalue weighted by Crippen LogP contribution is 2.40. The highest BCUT2D eigenvalue weighted by molar-refractivity contribution is 6.30. The summed E-state index contributed by atoms with van der Waals surface area (Å²) in [6, 6.07) is 4.45. The van der Waals surface area contributed by atoms with Crippen molar-refractivity contribution in [2.24, 2.45) is 0 Å². The fourth-order valence-corrected chi connectivity index (χ4v) is 3.43. The Morgan fingerprint density at radius 1 is 0.857 bits per heavy atom. The lowest BCUT2D eigenvalue weighted by Gasteiger charge is -2.24. The Hall–Kier alpha value is -3.35. The lowest BCUT2D eigenvalue weighted by Crippen LogP contribution is -2.25. The molecule has 3 rings (SSSR count). The van der Waals surface area contributed by atoms with Crippen LogP contribution in [-0.4, -0.2) is 45.5 Å². The topological polar surface area (TPSA) is 88.1 Å². The molecule has 146 valence electrons. The third-order valence-corrected chi connectivity index (χ3v) is 4.72. The van der Waals surface area contributed by atoms with E-state index >= 15 is 0 Å². The van der Waals surface area contributed by atoms with E-state index in [0.717, 1.165) is 0 Å². The predicted molar refractivity (Wildman–Crippen MR) is 100 cm³/mol. The van der Waals surface area contributed by atoms with E-state index in [2.05, 4.69) is 0 Å². The van der Waals surface area contributed by atoms with Crippen LogP contribution in [0.3, 0.4) is 0 Å². The molecule has 0 aliphatic heterocycles. The monoisotopic (exact) mass is 384 g/mol. The molecule has 0 unspecified atom stereocenters. The minimum atomic E-state index is -0.618. The molecule has 0 saturated carbocycles. The van der Waals surface area contributed by atoms with E-state index in [1.54, 1.807) is 19.9 Å². The van der Waals surface area contributed by atoms with Gasteiger partial charge in [-0.1, -0.05) is 0 Å². The standard InChI is InChI=1S/C21H20O7/c1-6-28-21(24)17-10(2)16-13(9-15(17)27-5)19(22)12-7-11(25-3)8-14(26-4)18(12)20(16)23/h7-9H,6H2,1-5H3. The minimum Gasteiger partial charge on any atom is -0.497 e. The summed E-state index contributed by atoms with van der Waals surface area (Å²) in [7, 11) is 4.26. The number of methoxy groups -OCH3 is 3. The van der Waals surface area contributed by atoms with Gasteiger partial charge in [0.15, 0.2) is 11.6 Å². The number of fused-ring (bicyclic) bond motifs is 2. The summed E-state index contributed by atoms with van der Waals surface area (Å²) in [5.74, 6) is -0.603. The molecule has 0 aromatic heterocycles. The molecule has 0 radical (unpaired) electrons. The maximum Gasteiger partial charge on any atom is 0.342 e. The molecular weight excluding hydrogens is 364 g/mol. The Kier molecular flexibility index (Phi) is 5.09. The van der Waals surface area contributed by atoms with Gasteiger partial charge in [0.2, 0.25) is 0 Å². The lowest BCUT2D eigenvalue weighted by molar-refractivity contribution is 0.0521. The second-order valence-corrected chi connectivity index (χ2v) is 6.13. The zero-order valence-corrected chi connectivity index (χ0v) is 16.3. The number of hydrogen-bond acceptors (Lipinski definition) is 7. The average molecular weight is 384 g/mol. The maximum atomic E-state index is 13.3. The number of ketones is 2. The van der Waals surface area contributed by atoms with E-state index in [4.69, 9.17) is 18.9 Å². The maximum absolute atomic E-state index is 13.3. The van der Waals surface area contributed by atoms with E-state index in [1.807, 2.05) is 0 Å².